The first-order valence-corrected chi connectivity index (χ1v) is 11.3. The van der Waals surface area contributed by atoms with Gasteiger partial charge in [0, 0.05) is 37.7 Å². The van der Waals surface area contributed by atoms with Crippen LogP contribution in [0.25, 0.3) is 0 Å². The zero-order chi connectivity index (χ0) is 22.4. The molecule has 2 fully saturated rings. The van der Waals surface area contributed by atoms with E-state index in [2.05, 4.69) is 10.4 Å². The van der Waals surface area contributed by atoms with Crippen molar-refractivity contribution in [2.24, 2.45) is 5.41 Å². The van der Waals surface area contributed by atoms with Gasteiger partial charge in [-0.15, -0.1) is 0 Å². The number of nitrogens with zero attached hydrogens (tertiary/aromatic N) is 3. The first kappa shape index (κ1) is 22.4. The molecule has 9 heteroatoms. The fourth-order valence-corrected chi connectivity index (χ4v) is 4.94. The second-order valence-electron chi connectivity index (χ2n) is 10.3. The number of halogens is 3. The number of amides is 1. The van der Waals surface area contributed by atoms with Crippen molar-refractivity contribution in [3.8, 4) is 0 Å². The molecule has 0 saturated carbocycles. The number of rotatable bonds is 3. The van der Waals surface area contributed by atoms with Gasteiger partial charge in [-0.05, 0) is 37.5 Å². The van der Waals surface area contributed by atoms with Gasteiger partial charge in [0.15, 0.2) is 6.04 Å². The number of piperidine rings is 1. The van der Waals surface area contributed by atoms with E-state index in [4.69, 9.17) is 4.74 Å². The number of hydrogen-bond donors (Lipinski definition) is 1. The largest absolute Gasteiger partial charge is 0.410 e. The van der Waals surface area contributed by atoms with Crippen LogP contribution in [0, 0.1) is 5.41 Å². The molecule has 0 bridgehead atoms. The number of anilines is 1. The standard InChI is InChI=1S/C22H33F3N4O2/c1-21(2,3)17-12-18(22(23,24)25)29-19(26-17)11-16(27-29)14-6-4-8-28(13-14)20(30)10-15-7-5-9-31-15/h11,14-15,17-18,26H,4-10,12-13H2,1-3H3/t14?,15?,17-,18+/m0/s1. The van der Waals surface area contributed by atoms with Gasteiger partial charge in [-0.2, -0.15) is 18.3 Å². The molecule has 0 aliphatic carbocycles. The normalized spacial score (nSPS) is 29.5. The SMILES string of the molecule is CC(C)(C)[C@@H]1C[C@H](C(F)(F)F)n2nc(C3CCCN(C(=O)CC4CCCO4)C3)cc2N1. The lowest BCUT2D eigenvalue weighted by atomic mass is 9.82. The third-order valence-corrected chi connectivity index (χ3v) is 6.87. The maximum absolute atomic E-state index is 13.8. The molecule has 3 aliphatic rings. The molecule has 1 N–H and O–H groups in total. The molecule has 4 heterocycles. The summed E-state index contributed by atoms with van der Waals surface area (Å²) in [5, 5.41) is 7.69. The van der Waals surface area contributed by atoms with Crippen LogP contribution in [0.15, 0.2) is 6.07 Å². The highest BCUT2D eigenvalue weighted by Gasteiger charge is 2.48. The molecule has 0 aromatic carbocycles. The fraction of sp³-hybridized carbons (Fsp3) is 0.818. The van der Waals surface area contributed by atoms with Gasteiger partial charge >= 0.3 is 6.18 Å². The number of ether oxygens (including phenoxy) is 1. The lowest BCUT2D eigenvalue weighted by molar-refractivity contribution is -0.175. The molecule has 31 heavy (non-hydrogen) atoms. The van der Waals surface area contributed by atoms with E-state index in [9.17, 15) is 18.0 Å². The minimum absolute atomic E-state index is 0.00105. The smallest absolute Gasteiger partial charge is 0.378 e. The molecule has 2 saturated heterocycles. The van der Waals surface area contributed by atoms with Crippen molar-refractivity contribution in [2.45, 2.75) is 89.6 Å². The molecule has 6 nitrogen and oxygen atoms in total. The number of likely N-dealkylation sites (tertiary alicyclic amines) is 1. The van der Waals surface area contributed by atoms with Crippen LogP contribution in [-0.2, 0) is 9.53 Å². The molecule has 1 aromatic rings. The summed E-state index contributed by atoms with van der Waals surface area (Å²) < 4.78 is 48.2. The minimum atomic E-state index is -4.36. The lowest BCUT2D eigenvalue weighted by Crippen LogP contribution is -2.44. The van der Waals surface area contributed by atoms with Gasteiger partial charge in [-0.3, -0.25) is 4.79 Å². The van der Waals surface area contributed by atoms with E-state index in [1.54, 1.807) is 6.07 Å². The van der Waals surface area contributed by atoms with E-state index in [0.717, 1.165) is 30.4 Å². The number of hydrogen-bond acceptors (Lipinski definition) is 4. The van der Waals surface area contributed by atoms with Crippen LogP contribution in [0.4, 0.5) is 19.0 Å². The van der Waals surface area contributed by atoms with E-state index in [0.29, 0.717) is 37.6 Å². The molecular formula is C22H33F3N4O2. The van der Waals surface area contributed by atoms with Gasteiger partial charge in [0.1, 0.15) is 5.82 Å². The topological polar surface area (TPSA) is 59.4 Å². The Balaban J connectivity index is 1.51. The van der Waals surface area contributed by atoms with E-state index < -0.39 is 12.2 Å². The summed E-state index contributed by atoms with van der Waals surface area (Å²) in [5.41, 5.74) is 0.330. The first-order valence-electron chi connectivity index (χ1n) is 11.3. The second-order valence-corrected chi connectivity index (χ2v) is 10.3. The van der Waals surface area contributed by atoms with Crippen molar-refractivity contribution < 1.29 is 22.7 Å². The van der Waals surface area contributed by atoms with Gasteiger partial charge in [0.05, 0.1) is 18.2 Å². The van der Waals surface area contributed by atoms with Crippen molar-refractivity contribution in [1.29, 1.82) is 0 Å². The predicted octanol–water partition coefficient (Wildman–Crippen LogP) is 4.49. The van der Waals surface area contributed by atoms with Crippen LogP contribution >= 0.6 is 0 Å². The number of fused-ring (bicyclic) bond motifs is 1. The van der Waals surface area contributed by atoms with Gasteiger partial charge < -0.3 is 15.0 Å². The molecule has 0 spiro atoms. The third-order valence-electron chi connectivity index (χ3n) is 6.87. The van der Waals surface area contributed by atoms with Gasteiger partial charge in [-0.25, -0.2) is 4.68 Å². The van der Waals surface area contributed by atoms with Gasteiger partial charge in [-0.1, -0.05) is 20.8 Å². The van der Waals surface area contributed by atoms with Crippen LogP contribution in [-0.4, -0.2) is 58.6 Å². The first-order chi connectivity index (χ1) is 14.5. The third kappa shape index (κ3) is 4.86. The highest BCUT2D eigenvalue weighted by Crippen LogP contribution is 2.44. The summed E-state index contributed by atoms with van der Waals surface area (Å²) in [4.78, 5) is 14.6. The molecule has 4 rings (SSSR count). The monoisotopic (exact) mass is 442 g/mol. The van der Waals surface area contributed by atoms with E-state index >= 15 is 0 Å². The van der Waals surface area contributed by atoms with E-state index in [-0.39, 0.29) is 35.8 Å². The molecule has 174 valence electrons. The molecule has 1 amide bonds. The molecule has 0 radical (unpaired) electrons. The predicted molar refractivity (Wildman–Crippen MR) is 111 cm³/mol. The Morgan fingerprint density at radius 2 is 2.03 bits per heavy atom. The Morgan fingerprint density at radius 1 is 1.26 bits per heavy atom. The number of alkyl halides is 3. The van der Waals surface area contributed by atoms with Crippen molar-refractivity contribution in [3.63, 3.8) is 0 Å². The zero-order valence-corrected chi connectivity index (χ0v) is 18.5. The van der Waals surface area contributed by atoms with Crippen LogP contribution in [0.5, 0.6) is 0 Å². The van der Waals surface area contributed by atoms with Crippen LogP contribution in [0.3, 0.4) is 0 Å². The Bertz CT molecular complexity index is 796. The molecule has 1 aromatic heterocycles. The maximum Gasteiger partial charge on any atom is 0.410 e. The Labute approximate surface area is 181 Å². The second kappa shape index (κ2) is 8.30. The maximum atomic E-state index is 13.8. The summed E-state index contributed by atoms with van der Waals surface area (Å²) in [5.74, 6) is 0.440. The highest BCUT2D eigenvalue weighted by molar-refractivity contribution is 5.77. The Kier molecular flexibility index (Phi) is 6.00. The summed E-state index contributed by atoms with van der Waals surface area (Å²) in [6, 6.07) is -0.176. The summed E-state index contributed by atoms with van der Waals surface area (Å²) in [6.07, 6.45) is -0.474. The fourth-order valence-electron chi connectivity index (χ4n) is 4.94. The van der Waals surface area contributed by atoms with Crippen molar-refractivity contribution in [2.75, 3.05) is 25.0 Å². The average Bonchev–Trinajstić information content (AvgIpc) is 3.35. The zero-order valence-electron chi connectivity index (χ0n) is 18.5. The quantitative estimate of drug-likeness (QED) is 0.749. The van der Waals surface area contributed by atoms with Crippen molar-refractivity contribution in [3.05, 3.63) is 11.8 Å². The van der Waals surface area contributed by atoms with Crippen LogP contribution in [0.1, 0.15) is 76.9 Å². The highest BCUT2D eigenvalue weighted by atomic mass is 19.4. The number of nitrogens with one attached hydrogen (secondary N) is 1. The minimum Gasteiger partial charge on any atom is -0.378 e. The van der Waals surface area contributed by atoms with E-state index in [1.807, 2.05) is 25.7 Å². The summed E-state index contributed by atoms with van der Waals surface area (Å²) in [6.45, 7) is 7.74. The molecule has 2 unspecified atom stereocenters. The average molecular weight is 443 g/mol. The molecule has 3 aliphatic heterocycles. The Morgan fingerprint density at radius 3 is 2.68 bits per heavy atom. The van der Waals surface area contributed by atoms with Crippen LogP contribution < -0.4 is 5.32 Å². The van der Waals surface area contributed by atoms with E-state index in [1.165, 1.54) is 0 Å². The molecule has 4 atom stereocenters. The molecular weight excluding hydrogens is 409 g/mol. The summed E-state index contributed by atoms with van der Waals surface area (Å²) >= 11 is 0. The number of carbonyl (C=O) groups excluding carboxylic acids is 1. The Hall–Kier alpha value is -1.77. The number of carbonyl (C=O) groups is 1. The van der Waals surface area contributed by atoms with Crippen molar-refractivity contribution >= 4 is 11.7 Å². The van der Waals surface area contributed by atoms with Gasteiger partial charge in [0.2, 0.25) is 5.91 Å². The van der Waals surface area contributed by atoms with Gasteiger partial charge in [0.25, 0.3) is 0 Å². The summed E-state index contributed by atoms with van der Waals surface area (Å²) in [7, 11) is 0. The number of aromatic nitrogens is 2. The lowest BCUT2D eigenvalue weighted by Gasteiger charge is -2.39. The van der Waals surface area contributed by atoms with Crippen LogP contribution in [0.2, 0.25) is 0 Å². The van der Waals surface area contributed by atoms with Crippen molar-refractivity contribution in [1.82, 2.24) is 14.7 Å².